The summed E-state index contributed by atoms with van der Waals surface area (Å²) in [5.41, 5.74) is 4.51. The molecule has 0 amide bonds. The van der Waals surface area contributed by atoms with Gasteiger partial charge in [-0.2, -0.15) is 5.11 Å². The molecule has 0 saturated carbocycles. The van der Waals surface area contributed by atoms with E-state index in [9.17, 15) is 5.11 Å². The highest BCUT2D eigenvalue weighted by atomic mass is 32.1. The molecule has 0 spiro atoms. The molecule has 1 N–H and O–H groups in total. The summed E-state index contributed by atoms with van der Waals surface area (Å²) < 4.78 is 1.22. The van der Waals surface area contributed by atoms with Gasteiger partial charge in [-0.05, 0) is 55.0 Å². The minimum absolute atomic E-state index is 0.118. The van der Waals surface area contributed by atoms with Gasteiger partial charge in [0.25, 0.3) is 0 Å². The van der Waals surface area contributed by atoms with Gasteiger partial charge in [0.05, 0.1) is 15.9 Å². The molecular weight excluding hydrogens is 402 g/mol. The van der Waals surface area contributed by atoms with Crippen LogP contribution in [0.1, 0.15) is 47.1 Å². The highest BCUT2D eigenvalue weighted by Crippen LogP contribution is 2.33. The summed E-state index contributed by atoms with van der Waals surface area (Å²) in [6.07, 6.45) is 0. The van der Waals surface area contributed by atoms with Crippen molar-refractivity contribution in [2.75, 3.05) is 0 Å². The second-order valence-electron chi connectivity index (χ2n) is 5.68. The molecule has 0 radical (unpaired) electrons. The zero-order chi connectivity index (χ0) is 23.2. The molecule has 4 aromatic rings. The number of phenols is 1. The highest BCUT2D eigenvalue weighted by molar-refractivity contribution is 7.21. The van der Waals surface area contributed by atoms with Crippen LogP contribution in [0.5, 0.6) is 5.75 Å². The number of rotatable bonds is 3. The number of aryl methyl sites for hydroxylation is 1. The van der Waals surface area contributed by atoms with Crippen LogP contribution in [0.15, 0.2) is 77.0 Å². The summed E-state index contributed by atoms with van der Waals surface area (Å²) in [7, 11) is 0. The molecule has 5 heteroatoms. The average molecular weight is 436 g/mol. The van der Waals surface area contributed by atoms with Gasteiger partial charge in [0.15, 0.2) is 0 Å². The van der Waals surface area contributed by atoms with Crippen molar-refractivity contribution < 1.29 is 5.11 Å². The van der Waals surface area contributed by atoms with Crippen molar-refractivity contribution in [3.05, 3.63) is 72.3 Å². The number of thiazole rings is 1. The number of fused-ring (bicyclic) bond motifs is 1. The third-order valence-corrected chi connectivity index (χ3v) is 5.14. The average Bonchev–Trinajstić information content (AvgIpc) is 3.29. The Morgan fingerprint density at radius 2 is 1.39 bits per heavy atom. The number of aromatic hydroxyl groups is 1. The summed E-state index contributed by atoms with van der Waals surface area (Å²) >= 11 is 1.70. The zero-order valence-corrected chi connectivity index (χ0v) is 20.4. The van der Waals surface area contributed by atoms with E-state index in [1.165, 1.54) is 10.3 Å². The molecule has 0 bridgehead atoms. The molecule has 1 aromatic heterocycles. The second kappa shape index (κ2) is 14.0. The van der Waals surface area contributed by atoms with Gasteiger partial charge in [-0.1, -0.05) is 65.8 Å². The zero-order valence-electron chi connectivity index (χ0n) is 19.5. The fourth-order valence-electron chi connectivity index (χ4n) is 2.54. The van der Waals surface area contributed by atoms with Crippen LogP contribution in [0, 0.1) is 6.92 Å². The number of para-hydroxylation sites is 1. The summed E-state index contributed by atoms with van der Waals surface area (Å²) in [5.74, 6) is 0.118. The third kappa shape index (κ3) is 7.00. The quantitative estimate of drug-likeness (QED) is 0.326. The lowest BCUT2D eigenvalue weighted by Crippen LogP contribution is -1.75. The molecule has 31 heavy (non-hydrogen) atoms. The number of aromatic nitrogens is 1. The van der Waals surface area contributed by atoms with Crippen molar-refractivity contribution in [1.82, 2.24) is 4.98 Å². The van der Waals surface area contributed by atoms with Gasteiger partial charge in [-0.3, -0.25) is 0 Å². The monoisotopic (exact) mass is 435 g/mol. The van der Waals surface area contributed by atoms with Gasteiger partial charge in [-0.15, -0.1) is 16.5 Å². The largest absolute Gasteiger partial charge is 0.506 e. The summed E-state index contributed by atoms with van der Waals surface area (Å²) in [5, 5.41) is 19.0. The molecule has 164 valence electrons. The van der Waals surface area contributed by atoms with E-state index in [1.807, 2.05) is 84.0 Å². The van der Waals surface area contributed by atoms with E-state index in [1.54, 1.807) is 29.5 Å². The minimum Gasteiger partial charge on any atom is -0.506 e. The van der Waals surface area contributed by atoms with Crippen LogP contribution >= 0.6 is 11.3 Å². The molecule has 3 aromatic carbocycles. The van der Waals surface area contributed by atoms with Gasteiger partial charge in [0, 0.05) is 5.56 Å². The molecule has 0 saturated heterocycles. The van der Waals surface area contributed by atoms with E-state index < -0.39 is 0 Å². The number of hydrogen-bond acceptors (Lipinski definition) is 5. The minimum atomic E-state index is 0.118. The first-order valence-corrected chi connectivity index (χ1v) is 11.7. The van der Waals surface area contributed by atoms with Crippen molar-refractivity contribution in [2.24, 2.45) is 10.2 Å². The summed E-state index contributed by atoms with van der Waals surface area (Å²) in [6, 6.07) is 20.8. The Bertz CT molecular complexity index is 1070. The Balaban J connectivity index is 0.000000739. The first-order valence-electron chi connectivity index (χ1n) is 10.9. The fourth-order valence-corrected chi connectivity index (χ4v) is 3.58. The van der Waals surface area contributed by atoms with Crippen molar-refractivity contribution in [1.29, 1.82) is 0 Å². The Hall–Kier alpha value is -3.05. The highest BCUT2D eigenvalue weighted by Gasteiger charge is 2.07. The molecule has 0 aliphatic heterocycles. The number of hydrogen-bond donors (Lipinski definition) is 1. The van der Waals surface area contributed by atoms with E-state index in [0.29, 0.717) is 5.69 Å². The van der Waals surface area contributed by atoms with Crippen molar-refractivity contribution in [3.63, 3.8) is 0 Å². The maximum atomic E-state index is 9.71. The van der Waals surface area contributed by atoms with Gasteiger partial charge in [0.2, 0.25) is 0 Å². The first kappa shape index (κ1) is 26.0. The van der Waals surface area contributed by atoms with Gasteiger partial charge in [-0.25, -0.2) is 4.98 Å². The van der Waals surface area contributed by atoms with E-state index in [2.05, 4.69) is 23.2 Å². The third-order valence-electron chi connectivity index (χ3n) is 3.88. The normalized spacial score (nSPS) is 9.77. The predicted molar refractivity (Wildman–Crippen MR) is 136 cm³/mol. The molecule has 0 atom stereocenters. The van der Waals surface area contributed by atoms with Crippen LogP contribution in [-0.2, 0) is 0 Å². The molecule has 0 aliphatic rings. The van der Waals surface area contributed by atoms with Crippen molar-refractivity contribution >= 4 is 32.9 Å². The molecule has 0 unspecified atom stereocenters. The molecular formula is C26H33N3OS. The lowest BCUT2D eigenvalue weighted by molar-refractivity contribution is 0.476. The Morgan fingerprint density at radius 3 is 2.00 bits per heavy atom. The summed E-state index contributed by atoms with van der Waals surface area (Å²) in [6.45, 7) is 14.1. The van der Waals surface area contributed by atoms with Gasteiger partial charge < -0.3 is 5.11 Å². The van der Waals surface area contributed by atoms with E-state index in [4.69, 9.17) is 4.98 Å². The van der Waals surface area contributed by atoms with Gasteiger partial charge in [0.1, 0.15) is 16.4 Å². The van der Waals surface area contributed by atoms with Crippen LogP contribution in [0.4, 0.5) is 11.4 Å². The number of azo groups is 1. The maximum absolute atomic E-state index is 9.71. The smallest absolute Gasteiger partial charge is 0.143 e. The Kier molecular flexibility index (Phi) is 11.8. The van der Waals surface area contributed by atoms with E-state index >= 15 is 0 Å². The molecule has 1 heterocycles. The van der Waals surface area contributed by atoms with Crippen LogP contribution in [0.3, 0.4) is 0 Å². The topological polar surface area (TPSA) is 57.8 Å². The summed E-state index contributed by atoms with van der Waals surface area (Å²) in [4.78, 5) is 4.71. The molecule has 0 aliphatic carbocycles. The molecule has 0 fully saturated rings. The van der Waals surface area contributed by atoms with Crippen LogP contribution in [-0.4, -0.2) is 10.1 Å². The van der Waals surface area contributed by atoms with Crippen molar-refractivity contribution in [3.8, 4) is 16.3 Å². The molecule has 4 rings (SSSR count). The Morgan fingerprint density at radius 1 is 0.742 bits per heavy atom. The Labute approximate surface area is 190 Å². The number of nitrogens with zero attached hydrogens (tertiary/aromatic N) is 3. The van der Waals surface area contributed by atoms with Crippen LogP contribution < -0.4 is 0 Å². The number of phenolic OH excluding ortho intramolecular Hbond substituents is 1. The van der Waals surface area contributed by atoms with Gasteiger partial charge >= 0.3 is 0 Å². The molecule has 4 nitrogen and oxygen atoms in total. The fraction of sp³-hybridized carbons (Fsp3) is 0.269. The van der Waals surface area contributed by atoms with Crippen molar-refractivity contribution in [2.45, 2.75) is 48.5 Å². The standard InChI is InChI=1S/C20H15N3OS.3C2H6/c1-13-5-4-7-17-19(13)25-20(21-17)14-9-11-15(12-10-14)22-23-16-6-2-3-8-18(16)24;3*1-2/h2-12,24H,1H3;3*1-2H3. The van der Waals surface area contributed by atoms with Crippen LogP contribution in [0.2, 0.25) is 0 Å². The SMILES string of the molecule is CC.CC.CC.Cc1cccc2nc(-c3ccc(N=Nc4ccccc4O)cc3)sc12. The first-order chi connectivity index (χ1) is 15.2. The van der Waals surface area contributed by atoms with E-state index in [0.717, 1.165) is 21.8 Å². The second-order valence-corrected chi connectivity index (χ2v) is 6.68. The van der Waals surface area contributed by atoms with E-state index in [-0.39, 0.29) is 5.75 Å². The lowest BCUT2D eigenvalue weighted by Gasteiger charge is -1.98. The van der Waals surface area contributed by atoms with Crippen LogP contribution in [0.25, 0.3) is 20.8 Å². The number of benzene rings is 3. The lowest BCUT2D eigenvalue weighted by atomic mass is 10.2. The predicted octanol–water partition coefficient (Wildman–Crippen LogP) is 9.47. The maximum Gasteiger partial charge on any atom is 0.143 e.